The Morgan fingerprint density at radius 3 is 2.61 bits per heavy atom. The Bertz CT molecular complexity index is 1100. The number of ether oxygens (including phenoxy) is 2. The topological polar surface area (TPSA) is 101 Å². The number of benzene rings is 1. The zero-order chi connectivity index (χ0) is 25.8. The van der Waals surface area contributed by atoms with Gasteiger partial charge in [0, 0.05) is 57.2 Å². The summed E-state index contributed by atoms with van der Waals surface area (Å²) >= 11 is 0. The number of hydrogen-bond acceptors (Lipinski definition) is 6. The van der Waals surface area contributed by atoms with Crippen LogP contribution in [0.15, 0.2) is 42.7 Å². The molecule has 3 amide bonds. The van der Waals surface area contributed by atoms with Crippen molar-refractivity contribution >= 4 is 23.4 Å². The molecule has 4 rings (SSSR count). The summed E-state index contributed by atoms with van der Waals surface area (Å²) in [5, 5.41) is 2.90. The van der Waals surface area contributed by atoms with E-state index in [1.54, 1.807) is 66.7 Å². The third-order valence-electron chi connectivity index (χ3n) is 6.83. The van der Waals surface area contributed by atoms with Crippen LogP contribution in [0.2, 0.25) is 0 Å². The largest absolute Gasteiger partial charge is 0.491 e. The van der Waals surface area contributed by atoms with Crippen LogP contribution in [0, 0.1) is 11.8 Å². The first-order valence-electron chi connectivity index (χ1n) is 12.4. The summed E-state index contributed by atoms with van der Waals surface area (Å²) in [5.74, 6) is -0.0000637. The molecule has 0 spiro atoms. The van der Waals surface area contributed by atoms with Gasteiger partial charge in [-0.25, -0.2) is 0 Å². The molecule has 2 aliphatic rings. The number of hydrogen-bond donors (Lipinski definition) is 1. The highest BCUT2D eigenvalue weighted by molar-refractivity contribution is 6.00. The van der Waals surface area contributed by atoms with Crippen LogP contribution in [-0.4, -0.2) is 78.5 Å². The lowest BCUT2D eigenvalue weighted by atomic mass is 10.0. The molecule has 192 valence electrons. The molecule has 36 heavy (non-hydrogen) atoms. The van der Waals surface area contributed by atoms with Gasteiger partial charge in [0.15, 0.2) is 0 Å². The number of anilines is 1. The maximum atomic E-state index is 13.5. The predicted molar refractivity (Wildman–Crippen MR) is 135 cm³/mol. The monoisotopic (exact) mass is 494 g/mol. The summed E-state index contributed by atoms with van der Waals surface area (Å²) < 4.78 is 11.9. The number of carbonyl (C=O) groups is 3. The highest BCUT2D eigenvalue weighted by Crippen LogP contribution is 2.31. The number of nitrogens with one attached hydrogen (secondary N) is 1. The van der Waals surface area contributed by atoms with Gasteiger partial charge in [-0.3, -0.25) is 19.4 Å². The molecule has 1 aromatic heterocycles. The molecule has 1 N–H and O–H groups in total. The molecule has 0 bridgehead atoms. The van der Waals surface area contributed by atoms with E-state index in [2.05, 4.69) is 10.3 Å². The highest BCUT2D eigenvalue weighted by Gasteiger charge is 2.32. The van der Waals surface area contributed by atoms with E-state index in [1.807, 2.05) is 13.8 Å². The first kappa shape index (κ1) is 25.6. The van der Waals surface area contributed by atoms with Gasteiger partial charge in [-0.1, -0.05) is 6.92 Å². The highest BCUT2D eigenvalue weighted by atomic mass is 16.5. The molecule has 1 aromatic carbocycles. The number of carbonyl (C=O) groups excluding carboxylic acids is 3. The number of likely N-dealkylation sites (N-methyl/N-ethyl adjacent to an activating group) is 1. The summed E-state index contributed by atoms with van der Waals surface area (Å²) in [6.45, 7) is 4.88. The van der Waals surface area contributed by atoms with Crippen molar-refractivity contribution in [1.29, 1.82) is 0 Å². The molecule has 0 unspecified atom stereocenters. The quantitative estimate of drug-likeness (QED) is 0.701. The van der Waals surface area contributed by atoms with E-state index in [1.165, 1.54) is 0 Å². The summed E-state index contributed by atoms with van der Waals surface area (Å²) in [7, 11) is 3.33. The first-order chi connectivity index (χ1) is 17.3. The molecule has 9 heteroatoms. The average Bonchev–Trinajstić information content (AvgIpc) is 3.74. The van der Waals surface area contributed by atoms with Crippen LogP contribution in [0.5, 0.6) is 5.75 Å². The number of aromatic nitrogens is 1. The van der Waals surface area contributed by atoms with Gasteiger partial charge in [0.2, 0.25) is 5.91 Å². The summed E-state index contributed by atoms with van der Waals surface area (Å²) in [6, 6.07) is 8.30. The minimum absolute atomic E-state index is 0.0312. The second kappa shape index (κ2) is 11.1. The molecule has 0 radical (unpaired) electrons. The molecule has 2 heterocycles. The molecule has 3 atom stereocenters. The fraction of sp³-hybridized carbons (Fsp3) is 0.481. The van der Waals surface area contributed by atoms with Crippen LogP contribution < -0.4 is 10.1 Å². The molecular weight excluding hydrogens is 460 g/mol. The second-order valence-corrected chi connectivity index (χ2v) is 9.77. The van der Waals surface area contributed by atoms with Crippen LogP contribution >= 0.6 is 0 Å². The van der Waals surface area contributed by atoms with Gasteiger partial charge in [-0.15, -0.1) is 0 Å². The van der Waals surface area contributed by atoms with E-state index in [4.69, 9.17) is 9.47 Å². The Labute approximate surface area is 211 Å². The molecule has 1 saturated carbocycles. The maximum Gasteiger partial charge on any atom is 0.257 e. The van der Waals surface area contributed by atoms with Crippen LogP contribution in [0.25, 0.3) is 0 Å². The maximum absolute atomic E-state index is 13.5. The van der Waals surface area contributed by atoms with Gasteiger partial charge in [0.1, 0.15) is 12.4 Å². The molecule has 1 fully saturated rings. The number of pyridine rings is 1. The molecule has 1 aliphatic heterocycles. The number of nitrogens with zero attached hydrogens (tertiary/aromatic N) is 3. The predicted octanol–water partition coefficient (Wildman–Crippen LogP) is 3.08. The third kappa shape index (κ3) is 5.84. The van der Waals surface area contributed by atoms with Crippen LogP contribution in [0.4, 0.5) is 5.69 Å². The van der Waals surface area contributed by atoms with Gasteiger partial charge in [-0.2, -0.15) is 0 Å². The van der Waals surface area contributed by atoms with Crippen molar-refractivity contribution in [3.05, 3.63) is 53.9 Å². The summed E-state index contributed by atoms with van der Waals surface area (Å²) in [5.41, 5.74) is 1.41. The van der Waals surface area contributed by atoms with Crippen LogP contribution in [-0.2, 0) is 9.53 Å². The Balaban J connectivity index is 1.65. The van der Waals surface area contributed by atoms with E-state index >= 15 is 0 Å². The van der Waals surface area contributed by atoms with Gasteiger partial charge in [0.05, 0.1) is 23.3 Å². The minimum Gasteiger partial charge on any atom is -0.491 e. The Kier molecular flexibility index (Phi) is 7.88. The van der Waals surface area contributed by atoms with Gasteiger partial charge < -0.3 is 24.6 Å². The zero-order valence-electron chi connectivity index (χ0n) is 21.3. The summed E-state index contributed by atoms with van der Waals surface area (Å²) in [6.07, 6.45) is 4.68. The van der Waals surface area contributed by atoms with Crippen molar-refractivity contribution in [2.75, 3.05) is 39.2 Å². The van der Waals surface area contributed by atoms with Crippen molar-refractivity contribution in [3.8, 4) is 5.75 Å². The van der Waals surface area contributed by atoms with Crippen molar-refractivity contribution in [2.45, 2.75) is 38.8 Å². The summed E-state index contributed by atoms with van der Waals surface area (Å²) in [4.78, 5) is 46.6. The number of amides is 3. The normalized spacial score (nSPS) is 23.1. The van der Waals surface area contributed by atoms with Crippen molar-refractivity contribution in [1.82, 2.24) is 14.8 Å². The van der Waals surface area contributed by atoms with Gasteiger partial charge in [-0.05, 0) is 50.1 Å². The standard InChI is InChI=1S/C27H34N4O5/c1-17-14-31(26(33)20-6-5-11-28-13-20)18(2)16-36-23-10-9-21(29-25(32)19-7-8-19)12-22(23)27(34)30(3)15-24(17)35-4/h5-6,9-13,17-19,24H,7-8,14-16H2,1-4H3,(H,29,32)/t17-,18+,24+/m0/s1. The SMILES string of the molecule is CO[C@@H]1CN(C)C(=O)c2cc(NC(=O)C3CC3)ccc2OC[C@@H](C)N(C(=O)c2cccnc2)C[C@@H]1C. The van der Waals surface area contributed by atoms with Crippen molar-refractivity contribution < 1.29 is 23.9 Å². The molecular formula is C27H34N4O5. The fourth-order valence-corrected chi connectivity index (χ4v) is 4.38. The van der Waals surface area contributed by atoms with Crippen LogP contribution in [0.1, 0.15) is 47.4 Å². The Morgan fingerprint density at radius 1 is 1.17 bits per heavy atom. The number of methoxy groups -OCH3 is 1. The molecule has 1 aliphatic carbocycles. The lowest BCUT2D eigenvalue weighted by molar-refractivity contribution is -0.117. The molecule has 9 nitrogen and oxygen atoms in total. The van der Waals surface area contributed by atoms with E-state index in [9.17, 15) is 14.4 Å². The average molecular weight is 495 g/mol. The smallest absolute Gasteiger partial charge is 0.257 e. The lowest BCUT2D eigenvalue weighted by Gasteiger charge is -2.36. The number of rotatable bonds is 4. The lowest BCUT2D eigenvalue weighted by Crippen LogP contribution is -2.48. The van der Waals surface area contributed by atoms with E-state index in [0.717, 1.165) is 12.8 Å². The number of fused-ring (bicyclic) bond motifs is 1. The van der Waals surface area contributed by atoms with E-state index in [-0.39, 0.29) is 48.3 Å². The van der Waals surface area contributed by atoms with E-state index < -0.39 is 0 Å². The second-order valence-electron chi connectivity index (χ2n) is 9.77. The Hall–Kier alpha value is -3.46. The van der Waals surface area contributed by atoms with Gasteiger partial charge in [0.25, 0.3) is 11.8 Å². The Morgan fingerprint density at radius 2 is 1.94 bits per heavy atom. The van der Waals surface area contributed by atoms with Crippen molar-refractivity contribution in [2.24, 2.45) is 11.8 Å². The van der Waals surface area contributed by atoms with Crippen LogP contribution in [0.3, 0.4) is 0 Å². The third-order valence-corrected chi connectivity index (χ3v) is 6.83. The molecule has 0 saturated heterocycles. The molecule has 2 aromatic rings. The van der Waals surface area contributed by atoms with E-state index in [0.29, 0.717) is 35.7 Å². The first-order valence-corrected chi connectivity index (χ1v) is 12.4. The van der Waals surface area contributed by atoms with Crippen molar-refractivity contribution in [3.63, 3.8) is 0 Å². The fourth-order valence-electron chi connectivity index (χ4n) is 4.38. The van der Waals surface area contributed by atoms with Gasteiger partial charge >= 0.3 is 0 Å². The zero-order valence-corrected chi connectivity index (χ0v) is 21.3. The minimum atomic E-state index is -0.295.